The maximum absolute atomic E-state index is 12.4. The van der Waals surface area contributed by atoms with Crippen LogP contribution in [0.15, 0.2) is 59.1 Å². The third-order valence-corrected chi connectivity index (χ3v) is 3.85. The molecule has 0 aromatic heterocycles. The molecule has 0 saturated heterocycles. The molecule has 0 bridgehead atoms. The van der Waals surface area contributed by atoms with E-state index in [0.717, 1.165) is 11.1 Å². The minimum absolute atomic E-state index is 0.208. The molecule has 114 valence electrons. The minimum Gasteiger partial charge on any atom is -0.496 e. The van der Waals surface area contributed by atoms with Crippen LogP contribution in [-0.2, 0) is 4.79 Å². The number of ether oxygens (including phenoxy) is 2. The number of benzene rings is 2. The van der Waals surface area contributed by atoms with Crippen LogP contribution in [0.3, 0.4) is 0 Å². The van der Waals surface area contributed by atoms with E-state index in [4.69, 9.17) is 9.47 Å². The van der Waals surface area contributed by atoms with E-state index < -0.39 is 6.17 Å². The molecule has 5 nitrogen and oxygen atoms in total. The number of fused-ring (bicyclic) bond motifs is 2. The molecule has 2 heterocycles. The van der Waals surface area contributed by atoms with Crippen molar-refractivity contribution in [2.45, 2.75) is 6.17 Å². The summed E-state index contributed by atoms with van der Waals surface area (Å²) in [6, 6.07) is 15.0. The Morgan fingerprint density at radius 1 is 1.13 bits per heavy atom. The lowest BCUT2D eigenvalue weighted by Gasteiger charge is -2.27. The number of nitrogens with one attached hydrogen (secondary N) is 1. The Morgan fingerprint density at radius 3 is 2.78 bits per heavy atom. The summed E-state index contributed by atoms with van der Waals surface area (Å²) in [6.07, 6.45) is 1.27. The highest BCUT2D eigenvalue weighted by atomic mass is 16.5. The van der Waals surface area contributed by atoms with E-state index in [9.17, 15) is 4.79 Å². The van der Waals surface area contributed by atoms with E-state index in [1.165, 1.54) is 0 Å². The van der Waals surface area contributed by atoms with Gasteiger partial charge < -0.3 is 14.8 Å². The van der Waals surface area contributed by atoms with Crippen LogP contribution in [0.1, 0.15) is 17.3 Å². The van der Waals surface area contributed by atoms with Crippen LogP contribution < -0.4 is 14.8 Å². The lowest BCUT2D eigenvalue weighted by atomic mass is 10.0. The second-order valence-electron chi connectivity index (χ2n) is 5.25. The highest BCUT2D eigenvalue weighted by molar-refractivity contribution is 6.24. The third kappa shape index (κ3) is 2.26. The average Bonchev–Trinajstić information content (AvgIpc) is 2.60. The number of amides is 1. The molecule has 1 unspecified atom stereocenters. The van der Waals surface area contributed by atoms with Crippen molar-refractivity contribution in [3.05, 3.63) is 65.2 Å². The molecule has 2 aliphatic rings. The molecule has 2 aliphatic heterocycles. The number of hydrogen-bond acceptors (Lipinski definition) is 4. The Bertz CT molecular complexity index is 855. The zero-order valence-corrected chi connectivity index (χ0v) is 12.4. The molecule has 0 aliphatic carbocycles. The van der Waals surface area contributed by atoms with Gasteiger partial charge in [-0.05, 0) is 18.2 Å². The van der Waals surface area contributed by atoms with Crippen molar-refractivity contribution < 1.29 is 14.3 Å². The fraction of sp³-hybridized carbons (Fsp3) is 0.111. The number of carbonyl (C=O) groups excluding carboxylic acids is 1. The largest absolute Gasteiger partial charge is 0.496 e. The van der Waals surface area contributed by atoms with E-state index in [1.54, 1.807) is 13.2 Å². The van der Waals surface area contributed by atoms with E-state index >= 15 is 0 Å². The highest BCUT2D eigenvalue weighted by Crippen LogP contribution is 2.33. The van der Waals surface area contributed by atoms with Gasteiger partial charge in [-0.1, -0.05) is 36.4 Å². The van der Waals surface area contributed by atoms with Crippen molar-refractivity contribution in [1.82, 2.24) is 5.32 Å². The topological polar surface area (TPSA) is 59.9 Å². The molecule has 0 fully saturated rings. The van der Waals surface area contributed by atoms with E-state index in [-0.39, 0.29) is 5.91 Å². The summed E-state index contributed by atoms with van der Waals surface area (Å²) in [5.41, 5.74) is 2.10. The van der Waals surface area contributed by atoms with E-state index in [2.05, 4.69) is 10.3 Å². The molecule has 1 N–H and O–H groups in total. The van der Waals surface area contributed by atoms with Gasteiger partial charge in [0.2, 0.25) is 5.90 Å². The molecule has 1 amide bonds. The summed E-state index contributed by atoms with van der Waals surface area (Å²) in [5, 5.41) is 2.88. The molecule has 0 saturated carbocycles. The van der Waals surface area contributed by atoms with Crippen LogP contribution >= 0.6 is 0 Å². The Morgan fingerprint density at radius 2 is 1.91 bits per heavy atom. The maximum Gasteiger partial charge on any atom is 0.258 e. The molecular formula is C18H14N2O3. The van der Waals surface area contributed by atoms with Crippen LogP contribution in [0, 0.1) is 0 Å². The fourth-order valence-electron chi connectivity index (χ4n) is 2.72. The van der Waals surface area contributed by atoms with Crippen molar-refractivity contribution in [2.24, 2.45) is 4.99 Å². The van der Waals surface area contributed by atoms with Gasteiger partial charge in [-0.3, -0.25) is 4.79 Å². The smallest absolute Gasteiger partial charge is 0.258 e. The summed E-state index contributed by atoms with van der Waals surface area (Å²) in [4.78, 5) is 17.0. The van der Waals surface area contributed by atoms with Crippen LogP contribution in [0.25, 0.3) is 6.08 Å². The van der Waals surface area contributed by atoms with Gasteiger partial charge in [-0.25, -0.2) is 4.99 Å². The number of para-hydroxylation sites is 2. The first-order valence-electron chi connectivity index (χ1n) is 7.27. The molecule has 23 heavy (non-hydrogen) atoms. The van der Waals surface area contributed by atoms with Gasteiger partial charge in [0, 0.05) is 11.1 Å². The fourth-order valence-corrected chi connectivity index (χ4v) is 2.72. The van der Waals surface area contributed by atoms with Crippen molar-refractivity contribution in [2.75, 3.05) is 7.11 Å². The van der Waals surface area contributed by atoms with Crippen molar-refractivity contribution >= 4 is 17.9 Å². The molecule has 2 aromatic carbocycles. The van der Waals surface area contributed by atoms with Crippen molar-refractivity contribution in [1.29, 1.82) is 0 Å². The first kappa shape index (κ1) is 13.6. The zero-order valence-electron chi connectivity index (χ0n) is 12.4. The summed E-state index contributed by atoms with van der Waals surface area (Å²) in [5.74, 6) is 1.50. The lowest BCUT2D eigenvalue weighted by molar-refractivity contribution is -0.118. The van der Waals surface area contributed by atoms with Crippen LogP contribution in [0.5, 0.6) is 11.5 Å². The van der Waals surface area contributed by atoms with Crippen molar-refractivity contribution in [3.63, 3.8) is 0 Å². The summed E-state index contributed by atoms with van der Waals surface area (Å²) >= 11 is 0. The van der Waals surface area contributed by atoms with Gasteiger partial charge in [-0.2, -0.15) is 0 Å². The van der Waals surface area contributed by atoms with Gasteiger partial charge in [0.15, 0.2) is 6.17 Å². The lowest BCUT2D eigenvalue weighted by Crippen LogP contribution is -2.39. The predicted molar refractivity (Wildman–Crippen MR) is 86.4 cm³/mol. The molecule has 5 heteroatoms. The maximum atomic E-state index is 12.4. The van der Waals surface area contributed by atoms with E-state index in [0.29, 0.717) is 23.0 Å². The Balaban J connectivity index is 1.78. The molecule has 0 radical (unpaired) electrons. The standard InChI is InChI=1S/C18H14N2O3/c1-22-15-9-5-3-7-12(15)16-19-17(21)13-10-11-6-2-4-8-14(11)23-18(13)20-16/h2-10,16H,1H3,(H,19,21). The van der Waals surface area contributed by atoms with Gasteiger partial charge in [0.05, 0.1) is 7.11 Å². The predicted octanol–water partition coefficient (Wildman–Crippen LogP) is 2.70. The van der Waals surface area contributed by atoms with Crippen molar-refractivity contribution in [3.8, 4) is 11.5 Å². The number of rotatable bonds is 2. The highest BCUT2D eigenvalue weighted by Gasteiger charge is 2.32. The Kier molecular flexibility index (Phi) is 3.12. The molecular weight excluding hydrogens is 292 g/mol. The first-order valence-corrected chi connectivity index (χ1v) is 7.27. The van der Waals surface area contributed by atoms with Crippen LogP contribution in [0.4, 0.5) is 0 Å². The summed E-state index contributed by atoms with van der Waals surface area (Å²) < 4.78 is 11.2. The number of hydrogen-bond donors (Lipinski definition) is 1. The second-order valence-corrected chi connectivity index (χ2v) is 5.25. The van der Waals surface area contributed by atoms with Gasteiger partial charge in [-0.15, -0.1) is 0 Å². The van der Waals surface area contributed by atoms with Crippen LogP contribution in [0.2, 0.25) is 0 Å². The Hall–Kier alpha value is -3.08. The average molecular weight is 306 g/mol. The zero-order chi connectivity index (χ0) is 15.8. The number of carbonyl (C=O) groups is 1. The first-order chi connectivity index (χ1) is 11.3. The summed E-state index contributed by atoms with van der Waals surface area (Å²) in [7, 11) is 1.59. The Labute approximate surface area is 133 Å². The SMILES string of the molecule is COc1ccccc1C1N=C2Oc3ccccc3C=C2C(=O)N1. The minimum atomic E-state index is -0.531. The summed E-state index contributed by atoms with van der Waals surface area (Å²) in [6.45, 7) is 0. The number of aliphatic imine (C=N–C) groups is 1. The number of methoxy groups -OCH3 is 1. The molecule has 4 rings (SSSR count). The van der Waals surface area contributed by atoms with E-state index in [1.807, 2.05) is 48.5 Å². The molecule has 0 spiro atoms. The third-order valence-electron chi connectivity index (χ3n) is 3.85. The van der Waals surface area contributed by atoms with Gasteiger partial charge in [0.1, 0.15) is 17.1 Å². The molecule has 1 atom stereocenters. The number of nitrogens with zero attached hydrogens (tertiary/aromatic N) is 1. The monoisotopic (exact) mass is 306 g/mol. The van der Waals surface area contributed by atoms with Gasteiger partial charge in [0.25, 0.3) is 5.91 Å². The second kappa shape index (κ2) is 5.28. The van der Waals surface area contributed by atoms with Crippen LogP contribution in [-0.4, -0.2) is 18.9 Å². The quantitative estimate of drug-likeness (QED) is 0.928. The molecule has 2 aromatic rings. The normalized spacial score (nSPS) is 18.7. The van der Waals surface area contributed by atoms with Gasteiger partial charge >= 0.3 is 0 Å².